The Bertz CT molecular complexity index is 984. The smallest absolute Gasteiger partial charge is 0.251 e. The van der Waals surface area contributed by atoms with E-state index in [0.717, 1.165) is 0 Å². The minimum atomic E-state index is -3.71. The summed E-state index contributed by atoms with van der Waals surface area (Å²) in [4.78, 5) is 0.114. The topological polar surface area (TPSA) is 104 Å². The molecule has 8 nitrogen and oxygen atoms in total. The molecule has 0 aliphatic carbocycles. The van der Waals surface area contributed by atoms with E-state index in [4.69, 9.17) is 13.9 Å². The molecule has 1 heterocycles. The van der Waals surface area contributed by atoms with Gasteiger partial charge in [-0.2, -0.15) is 0 Å². The third-order valence-electron chi connectivity index (χ3n) is 3.59. The van der Waals surface area contributed by atoms with Gasteiger partial charge in [-0.3, -0.25) is 0 Å². The number of nitrogens with zero attached hydrogens (tertiary/aromatic N) is 2. The fraction of sp³-hybridized carbons (Fsp3) is 0.176. The minimum absolute atomic E-state index is 0.114. The summed E-state index contributed by atoms with van der Waals surface area (Å²) in [6.07, 6.45) is 0. The van der Waals surface area contributed by atoms with Crippen LogP contribution in [0.5, 0.6) is 11.5 Å². The van der Waals surface area contributed by atoms with Crippen LogP contribution in [-0.4, -0.2) is 32.8 Å². The Labute approximate surface area is 150 Å². The maximum absolute atomic E-state index is 12.3. The Kier molecular flexibility index (Phi) is 5.19. The van der Waals surface area contributed by atoms with Crippen molar-refractivity contribution in [3.05, 3.63) is 54.4 Å². The summed E-state index contributed by atoms with van der Waals surface area (Å²) in [6, 6.07) is 13.2. The first-order valence-corrected chi connectivity index (χ1v) is 9.11. The second-order valence-electron chi connectivity index (χ2n) is 5.20. The van der Waals surface area contributed by atoms with E-state index in [-0.39, 0.29) is 23.2 Å². The van der Waals surface area contributed by atoms with Crippen molar-refractivity contribution in [1.82, 2.24) is 14.9 Å². The van der Waals surface area contributed by atoms with Crippen molar-refractivity contribution in [2.24, 2.45) is 0 Å². The molecule has 0 aliphatic heterocycles. The Balaban J connectivity index is 1.73. The predicted octanol–water partition coefficient (Wildman–Crippen LogP) is 2.23. The molecule has 0 bridgehead atoms. The zero-order chi connectivity index (χ0) is 18.6. The third-order valence-corrected chi connectivity index (χ3v) is 5.00. The second kappa shape index (κ2) is 7.54. The van der Waals surface area contributed by atoms with Crippen LogP contribution in [-0.2, 0) is 16.6 Å². The molecule has 0 saturated heterocycles. The number of sulfonamides is 1. The van der Waals surface area contributed by atoms with E-state index in [0.29, 0.717) is 17.1 Å². The summed E-state index contributed by atoms with van der Waals surface area (Å²) < 4.78 is 42.9. The molecule has 0 spiro atoms. The van der Waals surface area contributed by atoms with Crippen molar-refractivity contribution in [1.29, 1.82) is 0 Å². The summed E-state index contributed by atoms with van der Waals surface area (Å²) in [6.45, 7) is -0.128. The first-order chi connectivity index (χ1) is 12.5. The fourth-order valence-electron chi connectivity index (χ4n) is 2.25. The summed E-state index contributed by atoms with van der Waals surface area (Å²) in [5.41, 5.74) is 0.631. The number of methoxy groups -OCH3 is 2. The normalized spacial score (nSPS) is 11.3. The molecule has 0 aliphatic rings. The van der Waals surface area contributed by atoms with Crippen LogP contribution in [0.1, 0.15) is 5.89 Å². The summed E-state index contributed by atoms with van der Waals surface area (Å²) in [7, 11) is -0.658. The highest BCUT2D eigenvalue weighted by molar-refractivity contribution is 7.89. The number of hydrogen-bond donors (Lipinski definition) is 1. The van der Waals surface area contributed by atoms with E-state index >= 15 is 0 Å². The minimum Gasteiger partial charge on any atom is -0.497 e. The average Bonchev–Trinajstić information content (AvgIpc) is 3.15. The van der Waals surface area contributed by atoms with Crippen molar-refractivity contribution in [2.45, 2.75) is 11.4 Å². The highest BCUT2D eigenvalue weighted by Gasteiger charge is 2.17. The summed E-state index contributed by atoms with van der Waals surface area (Å²) >= 11 is 0. The van der Waals surface area contributed by atoms with Gasteiger partial charge in [0.2, 0.25) is 15.9 Å². The first kappa shape index (κ1) is 17.9. The van der Waals surface area contributed by atoms with Gasteiger partial charge in [0.25, 0.3) is 5.89 Å². The van der Waals surface area contributed by atoms with Crippen LogP contribution in [0.3, 0.4) is 0 Å². The van der Waals surface area contributed by atoms with Crippen LogP contribution in [0.2, 0.25) is 0 Å². The van der Waals surface area contributed by atoms with Gasteiger partial charge in [0.15, 0.2) is 0 Å². The lowest BCUT2D eigenvalue weighted by atomic mass is 10.2. The molecule has 3 aromatic rings. The lowest BCUT2D eigenvalue weighted by molar-refractivity contribution is 0.413. The molecule has 0 unspecified atom stereocenters. The van der Waals surface area contributed by atoms with Gasteiger partial charge in [-0.05, 0) is 36.4 Å². The van der Waals surface area contributed by atoms with Crippen molar-refractivity contribution in [3.63, 3.8) is 0 Å². The van der Waals surface area contributed by atoms with Crippen molar-refractivity contribution in [2.75, 3.05) is 14.2 Å². The molecule has 0 atom stereocenters. The van der Waals surface area contributed by atoms with E-state index < -0.39 is 10.0 Å². The fourth-order valence-corrected chi connectivity index (χ4v) is 3.22. The first-order valence-electron chi connectivity index (χ1n) is 7.63. The van der Waals surface area contributed by atoms with Crippen LogP contribution < -0.4 is 14.2 Å². The lowest BCUT2D eigenvalue weighted by Gasteiger charge is -2.06. The van der Waals surface area contributed by atoms with Crippen LogP contribution in [0.15, 0.2) is 57.8 Å². The SMILES string of the molecule is COc1ccc(S(=O)(=O)NCc2nnc(-c3ccccc3OC)o2)cc1. The molecule has 1 N–H and O–H groups in total. The molecule has 0 fully saturated rings. The number of para-hydroxylation sites is 1. The van der Waals surface area contributed by atoms with Crippen LogP contribution in [0.25, 0.3) is 11.5 Å². The van der Waals surface area contributed by atoms with E-state index in [2.05, 4.69) is 14.9 Å². The van der Waals surface area contributed by atoms with Gasteiger partial charge >= 0.3 is 0 Å². The zero-order valence-electron chi connectivity index (χ0n) is 14.2. The van der Waals surface area contributed by atoms with Gasteiger partial charge in [0.05, 0.1) is 31.2 Å². The molecular weight excluding hydrogens is 358 g/mol. The predicted molar refractivity (Wildman–Crippen MR) is 93.3 cm³/mol. The highest BCUT2D eigenvalue weighted by Crippen LogP contribution is 2.28. The van der Waals surface area contributed by atoms with Gasteiger partial charge in [0.1, 0.15) is 11.5 Å². The molecular formula is C17H17N3O5S. The Hall–Kier alpha value is -2.91. The highest BCUT2D eigenvalue weighted by atomic mass is 32.2. The number of benzene rings is 2. The van der Waals surface area contributed by atoms with Gasteiger partial charge in [0, 0.05) is 0 Å². The molecule has 9 heteroatoms. The van der Waals surface area contributed by atoms with Crippen molar-refractivity contribution in [3.8, 4) is 23.0 Å². The molecule has 26 heavy (non-hydrogen) atoms. The third kappa shape index (κ3) is 3.84. The van der Waals surface area contributed by atoms with Gasteiger partial charge < -0.3 is 13.9 Å². The molecule has 1 aromatic heterocycles. The number of ether oxygens (including phenoxy) is 2. The summed E-state index contributed by atoms with van der Waals surface area (Å²) in [5.74, 6) is 1.55. The number of rotatable bonds is 7. The molecule has 136 valence electrons. The maximum Gasteiger partial charge on any atom is 0.251 e. The number of aromatic nitrogens is 2. The molecule has 0 radical (unpaired) electrons. The second-order valence-corrected chi connectivity index (χ2v) is 6.97. The quantitative estimate of drug-likeness (QED) is 0.675. The van der Waals surface area contributed by atoms with Gasteiger partial charge in [-0.15, -0.1) is 10.2 Å². The van der Waals surface area contributed by atoms with Crippen molar-refractivity contribution < 1.29 is 22.3 Å². The van der Waals surface area contributed by atoms with E-state index in [1.54, 1.807) is 31.4 Å². The molecule has 0 saturated carbocycles. The number of hydrogen-bond acceptors (Lipinski definition) is 7. The summed E-state index contributed by atoms with van der Waals surface area (Å²) in [5, 5.41) is 7.82. The van der Waals surface area contributed by atoms with Gasteiger partial charge in [-0.1, -0.05) is 12.1 Å². The van der Waals surface area contributed by atoms with E-state index in [9.17, 15) is 8.42 Å². The Morgan fingerprint density at radius 3 is 2.42 bits per heavy atom. The standard InChI is InChI=1S/C17H17N3O5S/c1-23-12-7-9-13(10-8-12)26(21,22)18-11-16-19-20-17(25-16)14-5-3-4-6-15(14)24-2/h3-10,18H,11H2,1-2H3. The van der Waals surface area contributed by atoms with E-state index in [1.807, 2.05) is 12.1 Å². The molecule has 3 rings (SSSR count). The molecule has 0 amide bonds. The monoisotopic (exact) mass is 375 g/mol. The van der Waals surface area contributed by atoms with Crippen LogP contribution in [0, 0.1) is 0 Å². The van der Waals surface area contributed by atoms with Gasteiger partial charge in [-0.25, -0.2) is 13.1 Å². The zero-order valence-corrected chi connectivity index (χ0v) is 15.0. The Morgan fingerprint density at radius 1 is 1.00 bits per heavy atom. The van der Waals surface area contributed by atoms with Crippen LogP contribution in [0.4, 0.5) is 0 Å². The van der Waals surface area contributed by atoms with Crippen molar-refractivity contribution >= 4 is 10.0 Å². The van der Waals surface area contributed by atoms with E-state index in [1.165, 1.54) is 19.2 Å². The number of nitrogens with one attached hydrogen (secondary N) is 1. The average molecular weight is 375 g/mol. The lowest BCUT2D eigenvalue weighted by Crippen LogP contribution is -2.23. The van der Waals surface area contributed by atoms with Crippen LogP contribution >= 0.6 is 0 Å². The largest absolute Gasteiger partial charge is 0.497 e. The molecule has 2 aromatic carbocycles. The maximum atomic E-state index is 12.3. The Morgan fingerprint density at radius 2 is 1.73 bits per heavy atom.